The van der Waals surface area contributed by atoms with Crippen LogP contribution in [-0.4, -0.2) is 76.3 Å². The minimum Gasteiger partial charge on any atom is -0.497 e. The second-order valence-electron chi connectivity index (χ2n) is 12.6. The number of methoxy groups -OCH3 is 1. The maximum Gasteiger partial charge on any atom is 0.425 e. The first-order valence-corrected chi connectivity index (χ1v) is 14.8. The summed E-state index contributed by atoms with van der Waals surface area (Å²) in [6.45, 7) is 10.9. The van der Waals surface area contributed by atoms with Crippen LogP contribution in [0.5, 0.6) is 5.75 Å². The van der Waals surface area contributed by atoms with Crippen LogP contribution in [0, 0.1) is 0 Å². The molecule has 11 nitrogen and oxygen atoms in total. The van der Waals surface area contributed by atoms with Crippen LogP contribution >= 0.6 is 11.6 Å². The number of imide groups is 1. The third-order valence-electron chi connectivity index (χ3n) is 6.49. The lowest BCUT2D eigenvalue weighted by Gasteiger charge is -2.30. The van der Waals surface area contributed by atoms with Crippen LogP contribution in [0.1, 0.15) is 58.7 Å². The second-order valence-corrected chi connectivity index (χ2v) is 13.0. The van der Waals surface area contributed by atoms with Crippen molar-refractivity contribution in [2.24, 2.45) is 0 Å². The summed E-state index contributed by atoms with van der Waals surface area (Å²) in [5.74, 6) is 0.649. The highest BCUT2D eigenvalue weighted by Gasteiger charge is 2.34. The standard InChI is InChI=1S/C32H39ClFN5O6/c1-31(2,3)44-29(40)39(30(41)45-32(4,5)6)28-14-24(35-19-36-28)25-12-21(13-27(33)37-25)26-18-43-17-22(34)16-38(26)15-20-8-10-23(42-7)11-9-20/h8-14,19,22,26H,15-18H2,1-7H3/t22-,26+/m1/s1. The summed E-state index contributed by atoms with van der Waals surface area (Å²) in [6, 6.07) is 12.1. The molecule has 1 aromatic carbocycles. The number of halogens is 2. The topological polar surface area (TPSA) is 116 Å². The molecule has 1 fully saturated rings. The monoisotopic (exact) mass is 643 g/mol. The number of benzene rings is 1. The van der Waals surface area contributed by atoms with Gasteiger partial charge in [-0.1, -0.05) is 23.7 Å². The van der Waals surface area contributed by atoms with Gasteiger partial charge in [0, 0.05) is 19.2 Å². The van der Waals surface area contributed by atoms with Gasteiger partial charge in [0.15, 0.2) is 5.82 Å². The molecule has 242 valence electrons. The number of nitrogens with zero attached hydrogens (tertiary/aromatic N) is 5. The van der Waals surface area contributed by atoms with Crippen LogP contribution in [-0.2, 0) is 20.8 Å². The number of ether oxygens (including phenoxy) is 4. The zero-order valence-corrected chi connectivity index (χ0v) is 27.3. The number of hydrogen-bond acceptors (Lipinski definition) is 10. The third-order valence-corrected chi connectivity index (χ3v) is 6.68. The van der Waals surface area contributed by atoms with E-state index >= 15 is 0 Å². The molecule has 2 atom stereocenters. The SMILES string of the molecule is COc1ccc(CN2C[C@@H](F)COC[C@H]2c2cc(Cl)nc(-c3cc(N(C(=O)OC(C)(C)C)C(=O)OC(C)(C)C)ncn3)c2)cc1. The van der Waals surface area contributed by atoms with E-state index in [0.29, 0.717) is 17.1 Å². The van der Waals surface area contributed by atoms with Crippen LogP contribution in [0.15, 0.2) is 48.8 Å². The maximum atomic E-state index is 14.8. The van der Waals surface area contributed by atoms with Gasteiger partial charge in [-0.2, -0.15) is 4.90 Å². The van der Waals surface area contributed by atoms with Gasteiger partial charge in [-0.15, -0.1) is 0 Å². The second kappa shape index (κ2) is 14.1. The molecule has 0 N–H and O–H groups in total. The smallest absolute Gasteiger partial charge is 0.425 e. The van der Waals surface area contributed by atoms with Gasteiger partial charge in [0.05, 0.1) is 37.8 Å². The molecule has 0 spiro atoms. The molecule has 1 aliphatic rings. The summed E-state index contributed by atoms with van der Waals surface area (Å²) >= 11 is 6.52. The van der Waals surface area contributed by atoms with Gasteiger partial charge in [-0.05, 0) is 76.9 Å². The minimum absolute atomic E-state index is 0.0261. The maximum absolute atomic E-state index is 14.8. The van der Waals surface area contributed by atoms with E-state index in [1.165, 1.54) is 12.4 Å². The quantitative estimate of drug-likeness (QED) is 0.266. The lowest BCUT2D eigenvalue weighted by molar-refractivity contribution is 0.0429. The molecule has 0 saturated carbocycles. The van der Waals surface area contributed by atoms with Crippen molar-refractivity contribution in [3.63, 3.8) is 0 Å². The van der Waals surface area contributed by atoms with Gasteiger partial charge in [-0.25, -0.2) is 28.9 Å². The van der Waals surface area contributed by atoms with Crippen molar-refractivity contribution in [3.05, 3.63) is 65.1 Å². The predicted molar refractivity (Wildman–Crippen MR) is 167 cm³/mol. The average molecular weight is 644 g/mol. The number of carbonyl (C=O) groups is 2. The molecule has 2 aromatic heterocycles. The van der Waals surface area contributed by atoms with Crippen molar-refractivity contribution in [2.75, 3.05) is 31.8 Å². The Morgan fingerprint density at radius 2 is 1.62 bits per heavy atom. The molecule has 4 rings (SSSR count). The molecule has 1 saturated heterocycles. The molecule has 45 heavy (non-hydrogen) atoms. The first-order chi connectivity index (χ1) is 21.1. The summed E-state index contributed by atoms with van der Waals surface area (Å²) in [4.78, 5) is 42.0. The van der Waals surface area contributed by atoms with E-state index in [-0.39, 0.29) is 42.5 Å². The van der Waals surface area contributed by atoms with Gasteiger partial charge in [0.2, 0.25) is 0 Å². The van der Waals surface area contributed by atoms with Gasteiger partial charge >= 0.3 is 12.2 Å². The van der Waals surface area contributed by atoms with E-state index < -0.39 is 29.6 Å². The van der Waals surface area contributed by atoms with E-state index in [0.717, 1.165) is 16.9 Å². The number of anilines is 1. The lowest BCUT2D eigenvalue weighted by Crippen LogP contribution is -2.44. The molecule has 2 amide bonds. The molecule has 0 unspecified atom stereocenters. The van der Waals surface area contributed by atoms with Crippen molar-refractivity contribution in [3.8, 4) is 17.1 Å². The van der Waals surface area contributed by atoms with Gasteiger partial charge in [-0.3, -0.25) is 4.90 Å². The Kier molecular flexibility index (Phi) is 10.6. The number of amides is 2. The van der Waals surface area contributed by atoms with Gasteiger partial charge in [0.25, 0.3) is 0 Å². The molecule has 0 radical (unpaired) electrons. The number of hydrogen-bond donors (Lipinski definition) is 0. The van der Waals surface area contributed by atoms with E-state index in [9.17, 15) is 14.0 Å². The highest BCUT2D eigenvalue weighted by atomic mass is 35.5. The highest BCUT2D eigenvalue weighted by Crippen LogP contribution is 2.32. The molecule has 3 aromatic rings. The van der Waals surface area contributed by atoms with E-state index in [1.54, 1.807) is 60.8 Å². The van der Waals surface area contributed by atoms with Crippen molar-refractivity contribution in [1.29, 1.82) is 0 Å². The fraction of sp³-hybridized carbons (Fsp3) is 0.469. The first kappa shape index (κ1) is 34.0. The zero-order valence-electron chi connectivity index (χ0n) is 26.5. The average Bonchev–Trinajstić information content (AvgIpc) is 3.12. The number of rotatable bonds is 6. The largest absolute Gasteiger partial charge is 0.497 e. The summed E-state index contributed by atoms with van der Waals surface area (Å²) in [7, 11) is 1.60. The number of alkyl halides is 1. The van der Waals surface area contributed by atoms with E-state index in [4.69, 9.17) is 30.5 Å². The minimum atomic E-state index is -1.18. The van der Waals surface area contributed by atoms with Crippen molar-refractivity contribution >= 4 is 29.6 Å². The Morgan fingerprint density at radius 3 is 2.22 bits per heavy atom. The van der Waals surface area contributed by atoms with Crippen LogP contribution in [0.4, 0.5) is 19.8 Å². The fourth-order valence-electron chi connectivity index (χ4n) is 4.62. The Hall–Kier alpha value is -3.87. The van der Waals surface area contributed by atoms with Crippen molar-refractivity contribution < 1.29 is 32.9 Å². The van der Waals surface area contributed by atoms with Crippen molar-refractivity contribution in [2.45, 2.75) is 71.5 Å². The van der Waals surface area contributed by atoms with E-state index in [2.05, 4.69) is 15.0 Å². The Bertz CT molecular complexity index is 1470. The van der Waals surface area contributed by atoms with Gasteiger partial charge in [0.1, 0.15) is 34.6 Å². The molecule has 13 heteroatoms. The molecular weight excluding hydrogens is 605 g/mol. The molecule has 1 aliphatic heterocycles. The lowest BCUT2D eigenvalue weighted by atomic mass is 10.0. The van der Waals surface area contributed by atoms with Gasteiger partial charge < -0.3 is 18.9 Å². The number of carbonyl (C=O) groups excluding carboxylic acids is 2. The van der Waals surface area contributed by atoms with Crippen LogP contribution < -0.4 is 9.64 Å². The number of aromatic nitrogens is 3. The summed E-state index contributed by atoms with van der Waals surface area (Å²) in [6.07, 6.45) is -1.91. The van der Waals surface area contributed by atoms with Crippen LogP contribution in [0.2, 0.25) is 5.15 Å². The fourth-order valence-corrected chi connectivity index (χ4v) is 4.84. The molecule has 3 heterocycles. The van der Waals surface area contributed by atoms with E-state index in [1.807, 2.05) is 29.2 Å². The normalized spacial score (nSPS) is 17.7. The Labute approximate surface area is 267 Å². The zero-order chi connectivity index (χ0) is 32.9. The Balaban J connectivity index is 1.70. The van der Waals surface area contributed by atoms with Crippen LogP contribution in [0.3, 0.4) is 0 Å². The summed E-state index contributed by atoms with van der Waals surface area (Å²) < 4.78 is 36.7. The molecular formula is C32H39ClFN5O6. The highest BCUT2D eigenvalue weighted by molar-refractivity contribution is 6.29. The number of pyridine rings is 1. The van der Waals surface area contributed by atoms with Crippen molar-refractivity contribution in [1.82, 2.24) is 19.9 Å². The molecule has 0 bridgehead atoms. The summed E-state index contributed by atoms with van der Waals surface area (Å²) in [5, 5.41) is 0.171. The van der Waals surface area contributed by atoms with Crippen LogP contribution in [0.25, 0.3) is 11.4 Å². The predicted octanol–water partition coefficient (Wildman–Crippen LogP) is 6.79. The third kappa shape index (κ3) is 9.56. The first-order valence-electron chi connectivity index (χ1n) is 14.5. The summed E-state index contributed by atoms with van der Waals surface area (Å²) in [5.41, 5.74) is 0.533. The molecule has 0 aliphatic carbocycles. The Morgan fingerprint density at radius 1 is 0.978 bits per heavy atom.